The van der Waals surface area contributed by atoms with Crippen molar-refractivity contribution in [1.82, 2.24) is 0 Å². The number of anilines is 2. The van der Waals surface area contributed by atoms with E-state index in [4.69, 9.17) is 0 Å². The quantitative estimate of drug-likeness (QED) is 0.367. The molecule has 2 nitrogen and oxygen atoms in total. The van der Waals surface area contributed by atoms with Gasteiger partial charge in [0, 0.05) is 42.0 Å². The van der Waals surface area contributed by atoms with Crippen molar-refractivity contribution in [2.75, 3.05) is 17.3 Å². The largest absolute Gasteiger partial charge is 0.371 e. The number of nitrogens with one attached hydrogen (secondary N) is 1. The van der Waals surface area contributed by atoms with E-state index in [2.05, 4.69) is 100 Å². The molecule has 3 unspecified atom stereocenters. The summed E-state index contributed by atoms with van der Waals surface area (Å²) in [4.78, 5) is 2.59. The van der Waals surface area contributed by atoms with E-state index in [1.807, 2.05) is 34.6 Å². The Morgan fingerprint density at radius 3 is 2.08 bits per heavy atom. The molecule has 2 bridgehead atoms. The van der Waals surface area contributed by atoms with Crippen molar-refractivity contribution in [3.63, 3.8) is 0 Å². The van der Waals surface area contributed by atoms with Gasteiger partial charge in [-0.1, -0.05) is 116 Å². The van der Waals surface area contributed by atoms with Crippen LogP contribution < -0.4 is 10.2 Å². The van der Waals surface area contributed by atoms with E-state index in [0.717, 1.165) is 5.70 Å². The van der Waals surface area contributed by atoms with Crippen LogP contribution in [-0.4, -0.2) is 13.1 Å². The van der Waals surface area contributed by atoms with Gasteiger partial charge in [-0.2, -0.15) is 0 Å². The summed E-state index contributed by atoms with van der Waals surface area (Å²) in [5.74, 6) is 0.963. The zero-order valence-corrected chi connectivity index (χ0v) is 26.5. The monoisotopic (exact) mass is 518 g/mol. The smallest absolute Gasteiger partial charge is 0.0445 e. The first-order valence-electron chi connectivity index (χ1n) is 15.5. The van der Waals surface area contributed by atoms with Crippen LogP contribution in [0, 0.1) is 0 Å². The molecular weight excluding hydrogens is 460 g/mol. The van der Waals surface area contributed by atoms with Gasteiger partial charge in [-0.15, -0.1) is 0 Å². The van der Waals surface area contributed by atoms with Crippen LogP contribution in [0.25, 0.3) is 0 Å². The predicted molar refractivity (Wildman–Crippen MR) is 174 cm³/mol. The second-order valence-electron chi connectivity index (χ2n) is 10.1. The van der Waals surface area contributed by atoms with E-state index >= 15 is 0 Å². The Kier molecular flexibility index (Phi) is 15.8. The number of rotatable bonds is 7. The molecule has 212 valence electrons. The molecule has 0 radical (unpaired) electrons. The zero-order chi connectivity index (χ0) is 28.7. The molecule has 0 fully saturated rings. The molecule has 1 N–H and O–H groups in total. The lowest BCUT2D eigenvalue weighted by atomic mass is 9.78. The summed E-state index contributed by atoms with van der Waals surface area (Å²) in [5, 5.41) is 3.53. The molecule has 38 heavy (non-hydrogen) atoms. The normalized spacial score (nSPS) is 19.4. The van der Waals surface area contributed by atoms with Crippen molar-refractivity contribution >= 4 is 11.4 Å². The fourth-order valence-electron chi connectivity index (χ4n) is 5.69. The Bertz CT molecular complexity index is 970. The van der Waals surface area contributed by atoms with Crippen molar-refractivity contribution in [1.29, 1.82) is 0 Å². The number of unbranched alkanes of at least 4 members (excludes halogenated alkanes) is 1. The molecule has 0 saturated carbocycles. The highest BCUT2D eigenvalue weighted by Crippen LogP contribution is 2.52. The third-order valence-corrected chi connectivity index (χ3v) is 7.53. The summed E-state index contributed by atoms with van der Waals surface area (Å²) in [5.41, 5.74) is 9.67. The minimum Gasteiger partial charge on any atom is -0.371 e. The molecule has 4 rings (SSSR count). The maximum absolute atomic E-state index is 4.11. The van der Waals surface area contributed by atoms with E-state index in [9.17, 15) is 0 Å². The Morgan fingerprint density at radius 1 is 0.947 bits per heavy atom. The molecule has 2 heteroatoms. The lowest BCUT2D eigenvalue weighted by molar-refractivity contribution is 0.473. The molecule has 0 saturated heterocycles. The van der Waals surface area contributed by atoms with Gasteiger partial charge in [-0.25, -0.2) is 0 Å². The SMILES string of the molecule is C=C(C)Nc1cc2c3c(c1)C(c1ccccc1)CCC(CC2/C(=C/C)CCC)N3C.CC.CC.CCCC. The van der Waals surface area contributed by atoms with Crippen molar-refractivity contribution in [3.8, 4) is 0 Å². The molecule has 2 aliphatic heterocycles. The molecule has 0 aliphatic carbocycles. The topological polar surface area (TPSA) is 15.3 Å². The minimum atomic E-state index is 0.443. The van der Waals surface area contributed by atoms with Gasteiger partial charge in [-0.05, 0) is 68.4 Å². The lowest BCUT2D eigenvalue weighted by Gasteiger charge is -2.41. The number of allylic oxidation sites excluding steroid dienone is 3. The molecular formula is C36H58N2. The summed E-state index contributed by atoms with van der Waals surface area (Å²) in [6, 6.07) is 16.5. The van der Waals surface area contributed by atoms with E-state index in [1.165, 1.54) is 73.0 Å². The molecule has 2 aromatic carbocycles. The van der Waals surface area contributed by atoms with E-state index in [0.29, 0.717) is 17.9 Å². The number of fused-ring (bicyclic) bond motifs is 1. The number of benzene rings is 2. The Labute approximate surface area is 236 Å². The minimum absolute atomic E-state index is 0.443. The fourth-order valence-corrected chi connectivity index (χ4v) is 5.69. The second kappa shape index (κ2) is 17.9. The van der Waals surface area contributed by atoms with Gasteiger partial charge in [0.1, 0.15) is 0 Å². The summed E-state index contributed by atoms with van der Waals surface area (Å²) in [6.45, 7) is 23.0. The summed E-state index contributed by atoms with van der Waals surface area (Å²) in [7, 11) is 2.32. The third kappa shape index (κ3) is 8.52. The zero-order valence-electron chi connectivity index (χ0n) is 26.5. The first-order valence-corrected chi connectivity index (χ1v) is 15.5. The summed E-state index contributed by atoms with van der Waals surface area (Å²) in [6.07, 6.45) is 11.1. The van der Waals surface area contributed by atoms with Crippen LogP contribution in [-0.2, 0) is 0 Å². The Hall–Kier alpha value is -2.48. The van der Waals surface area contributed by atoms with Gasteiger partial charge < -0.3 is 10.2 Å². The molecule has 3 atom stereocenters. The highest BCUT2D eigenvalue weighted by Gasteiger charge is 2.38. The van der Waals surface area contributed by atoms with Crippen LogP contribution in [0.5, 0.6) is 0 Å². The van der Waals surface area contributed by atoms with Crippen molar-refractivity contribution in [2.24, 2.45) is 0 Å². The number of hydrogen-bond acceptors (Lipinski definition) is 2. The van der Waals surface area contributed by atoms with Crippen LogP contribution in [0.15, 0.2) is 66.4 Å². The van der Waals surface area contributed by atoms with Crippen LogP contribution >= 0.6 is 0 Å². The Morgan fingerprint density at radius 2 is 1.55 bits per heavy atom. The van der Waals surface area contributed by atoms with Gasteiger partial charge in [0.25, 0.3) is 0 Å². The standard InChI is InChI=1S/C28H36N2.C4H10.2C2H6/c1-6-11-20(7-2)25-18-23-14-15-24(21-12-9-8-10-13-21)26-16-22(29-19(3)4)17-27(25)28(26)30(23)5;1-3-4-2;2*1-2/h7-10,12-13,16-17,23-25,29H,3,6,11,14-15,18H2,1-2,4-5H3;3-4H2,1-2H3;2*1-2H3/b20-7+;;;. The number of nitrogens with zero attached hydrogens (tertiary/aromatic N) is 1. The molecule has 2 heterocycles. The average molecular weight is 519 g/mol. The summed E-state index contributed by atoms with van der Waals surface area (Å²) < 4.78 is 0. The highest BCUT2D eigenvalue weighted by atomic mass is 15.2. The lowest BCUT2D eigenvalue weighted by Crippen LogP contribution is -2.37. The van der Waals surface area contributed by atoms with E-state index in [1.54, 1.807) is 5.57 Å². The van der Waals surface area contributed by atoms with E-state index in [-0.39, 0.29) is 0 Å². The van der Waals surface area contributed by atoms with Gasteiger partial charge in [-0.3, -0.25) is 0 Å². The molecule has 0 amide bonds. The van der Waals surface area contributed by atoms with Gasteiger partial charge >= 0.3 is 0 Å². The Balaban J connectivity index is 0.000000811. The molecule has 2 aliphatic rings. The van der Waals surface area contributed by atoms with E-state index < -0.39 is 0 Å². The predicted octanol–water partition coefficient (Wildman–Crippen LogP) is 11.5. The first kappa shape index (κ1) is 33.5. The first-order chi connectivity index (χ1) is 18.4. The third-order valence-electron chi connectivity index (χ3n) is 7.53. The van der Waals surface area contributed by atoms with Crippen molar-refractivity contribution in [3.05, 3.63) is 83.1 Å². The van der Waals surface area contributed by atoms with Crippen LogP contribution in [0.1, 0.15) is 136 Å². The van der Waals surface area contributed by atoms with Gasteiger partial charge in [0.2, 0.25) is 0 Å². The van der Waals surface area contributed by atoms with Crippen molar-refractivity contribution < 1.29 is 0 Å². The molecule has 0 aromatic heterocycles. The van der Waals surface area contributed by atoms with Crippen LogP contribution in [0.4, 0.5) is 11.4 Å². The molecule has 0 spiro atoms. The van der Waals surface area contributed by atoms with Crippen molar-refractivity contribution in [2.45, 2.75) is 125 Å². The second-order valence-corrected chi connectivity index (χ2v) is 10.1. The number of hydrogen-bond donors (Lipinski definition) is 1. The van der Waals surface area contributed by atoms with Crippen LogP contribution in [0.3, 0.4) is 0 Å². The molecule has 2 aromatic rings. The average Bonchev–Trinajstić information content (AvgIpc) is 3.06. The van der Waals surface area contributed by atoms with Gasteiger partial charge in [0.15, 0.2) is 0 Å². The maximum atomic E-state index is 4.11. The maximum Gasteiger partial charge on any atom is 0.0445 e. The van der Waals surface area contributed by atoms with Gasteiger partial charge in [0.05, 0.1) is 0 Å². The summed E-state index contributed by atoms with van der Waals surface area (Å²) >= 11 is 0. The fraction of sp³-hybridized carbons (Fsp3) is 0.556. The van der Waals surface area contributed by atoms with Crippen LogP contribution in [0.2, 0.25) is 0 Å². The highest BCUT2D eigenvalue weighted by molar-refractivity contribution is 5.73.